The van der Waals surface area contributed by atoms with Gasteiger partial charge in [-0.1, -0.05) is 6.92 Å². The van der Waals surface area contributed by atoms with Crippen molar-refractivity contribution in [1.82, 2.24) is 5.32 Å². The fraction of sp³-hybridized carbons (Fsp3) is 0.294. The summed E-state index contributed by atoms with van der Waals surface area (Å²) in [5.41, 5.74) is 1.07. The normalized spacial score (nSPS) is 10.3. The average Bonchev–Trinajstić information content (AvgIpc) is 3.05. The van der Waals surface area contributed by atoms with Crippen molar-refractivity contribution >= 4 is 17.5 Å². The van der Waals surface area contributed by atoms with Crippen molar-refractivity contribution in [1.29, 1.82) is 0 Å². The van der Waals surface area contributed by atoms with Gasteiger partial charge in [0.05, 0.1) is 0 Å². The lowest BCUT2D eigenvalue weighted by atomic mass is 10.2. The lowest BCUT2D eigenvalue weighted by Gasteiger charge is -2.06. The highest BCUT2D eigenvalue weighted by Gasteiger charge is 2.11. The molecule has 122 valence electrons. The summed E-state index contributed by atoms with van der Waals surface area (Å²) >= 11 is 0. The number of aliphatic hydroxyl groups excluding tert-OH is 1. The van der Waals surface area contributed by atoms with Crippen LogP contribution in [-0.4, -0.2) is 30.1 Å². The highest BCUT2D eigenvalue weighted by molar-refractivity contribution is 6.02. The monoisotopic (exact) mass is 316 g/mol. The van der Waals surface area contributed by atoms with Crippen LogP contribution in [0.1, 0.15) is 40.0 Å². The minimum Gasteiger partial charge on any atom is -0.456 e. The van der Waals surface area contributed by atoms with Crippen LogP contribution in [0.15, 0.2) is 40.8 Å². The Morgan fingerprint density at radius 2 is 1.83 bits per heavy atom. The van der Waals surface area contributed by atoms with E-state index >= 15 is 0 Å². The number of anilines is 1. The fourth-order valence-electron chi connectivity index (χ4n) is 1.97. The van der Waals surface area contributed by atoms with E-state index in [0.717, 1.165) is 12.2 Å². The standard InChI is InChI=1S/C17H20N2O4/c1-2-14-8-9-15(23-14)17(22)19-13-6-4-12(5-7-13)16(21)18-10-3-11-20/h4-9,20H,2-3,10-11H2,1H3,(H,18,21)(H,19,22). The number of aryl methyl sites for hydroxylation is 1. The van der Waals surface area contributed by atoms with Crippen molar-refractivity contribution in [3.63, 3.8) is 0 Å². The minimum absolute atomic E-state index is 0.0395. The van der Waals surface area contributed by atoms with Gasteiger partial charge >= 0.3 is 0 Å². The number of nitrogens with one attached hydrogen (secondary N) is 2. The summed E-state index contributed by atoms with van der Waals surface area (Å²) in [6.45, 7) is 2.41. The van der Waals surface area contributed by atoms with Crippen molar-refractivity contribution in [3.05, 3.63) is 53.5 Å². The molecule has 0 fully saturated rings. The Morgan fingerprint density at radius 1 is 1.09 bits per heavy atom. The van der Waals surface area contributed by atoms with E-state index in [0.29, 0.717) is 24.2 Å². The summed E-state index contributed by atoms with van der Waals surface area (Å²) < 4.78 is 5.39. The van der Waals surface area contributed by atoms with Gasteiger partial charge in [0.25, 0.3) is 11.8 Å². The third kappa shape index (κ3) is 4.69. The topological polar surface area (TPSA) is 91.6 Å². The van der Waals surface area contributed by atoms with Gasteiger partial charge in [0, 0.05) is 30.8 Å². The smallest absolute Gasteiger partial charge is 0.291 e. The zero-order chi connectivity index (χ0) is 16.7. The summed E-state index contributed by atoms with van der Waals surface area (Å²) in [5.74, 6) is 0.470. The Balaban J connectivity index is 1.94. The number of carbonyl (C=O) groups is 2. The van der Waals surface area contributed by atoms with E-state index < -0.39 is 0 Å². The molecule has 0 radical (unpaired) electrons. The predicted molar refractivity (Wildman–Crippen MR) is 86.5 cm³/mol. The summed E-state index contributed by atoms with van der Waals surface area (Å²) in [7, 11) is 0. The maximum Gasteiger partial charge on any atom is 0.291 e. The van der Waals surface area contributed by atoms with Crippen LogP contribution in [0.4, 0.5) is 5.69 Å². The largest absolute Gasteiger partial charge is 0.456 e. The van der Waals surface area contributed by atoms with Crippen LogP contribution in [0.5, 0.6) is 0 Å². The maximum atomic E-state index is 12.0. The van der Waals surface area contributed by atoms with E-state index in [-0.39, 0.29) is 24.2 Å². The fourth-order valence-corrected chi connectivity index (χ4v) is 1.97. The zero-order valence-corrected chi connectivity index (χ0v) is 13.0. The minimum atomic E-state index is -0.329. The molecule has 23 heavy (non-hydrogen) atoms. The van der Waals surface area contributed by atoms with Gasteiger partial charge in [0.1, 0.15) is 5.76 Å². The summed E-state index contributed by atoms with van der Waals surface area (Å²) in [4.78, 5) is 23.8. The molecule has 0 saturated carbocycles. The molecule has 0 aliphatic carbocycles. The van der Waals surface area contributed by atoms with Gasteiger partial charge in [0.2, 0.25) is 0 Å². The van der Waals surface area contributed by atoms with Gasteiger partial charge in [0.15, 0.2) is 5.76 Å². The first-order chi connectivity index (χ1) is 11.1. The molecule has 1 aromatic carbocycles. The van der Waals surface area contributed by atoms with Crippen molar-refractivity contribution in [2.45, 2.75) is 19.8 Å². The van der Waals surface area contributed by atoms with Crippen LogP contribution in [0.25, 0.3) is 0 Å². The summed E-state index contributed by atoms with van der Waals surface area (Å²) in [5, 5.41) is 14.1. The molecule has 2 amide bonds. The van der Waals surface area contributed by atoms with Crippen molar-refractivity contribution < 1.29 is 19.1 Å². The van der Waals surface area contributed by atoms with Crippen LogP contribution in [0.3, 0.4) is 0 Å². The van der Waals surface area contributed by atoms with Crippen molar-refractivity contribution in [2.75, 3.05) is 18.5 Å². The molecule has 0 unspecified atom stereocenters. The lowest BCUT2D eigenvalue weighted by molar-refractivity contribution is 0.0950. The number of furan rings is 1. The highest BCUT2D eigenvalue weighted by Crippen LogP contribution is 2.13. The Kier molecular flexibility index (Phi) is 5.94. The molecule has 0 aliphatic heterocycles. The molecule has 2 aromatic rings. The highest BCUT2D eigenvalue weighted by atomic mass is 16.3. The van der Waals surface area contributed by atoms with Crippen LogP contribution in [0, 0.1) is 0 Å². The summed E-state index contributed by atoms with van der Waals surface area (Å²) in [6.07, 6.45) is 1.25. The molecule has 0 aliphatic rings. The Labute approximate surface area is 134 Å². The molecule has 1 heterocycles. The number of amides is 2. The Hall–Kier alpha value is -2.60. The zero-order valence-electron chi connectivity index (χ0n) is 13.0. The second-order valence-electron chi connectivity index (χ2n) is 4.98. The molecule has 1 aromatic heterocycles. The first kappa shape index (κ1) is 16.8. The molecule has 6 heteroatoms. The number of benzene rings is 1. The molecule has 0 atom stereocenters. The quantitative estimate of drug-likeness (QED) is 0.683. The summed E-state index contributed by atoms with van der Waals surface area (Å²) in [6, 6.07) is 9.98. The van der Waals surface area contributed by atoms with E-state index in [1.54, 1.807) is 36.4 Å². The first-order valence-electron chi connectivity index (χ1n) is 7.53. The number of hydrogen-bond donors (Lipinski definition) is 3. The maximum absolute atomic E-state index is 12.0. The SMILES string of the molecule is CCc1ccc(C(=O)Nc2ccc(C(=O)NCCCO)cc2)o1. The molecule has 0 bridgehead atoms. The van der Waals surface area contributed by atoms with Crippen LogP contribution in [0.2, 0.25) is 0 Å². The van der Waals surface area contributed by atoms with E-state index in [1.807, 2.05) is 6.92 Å². The van der Waals surface area contributed by atoms with Gasteiger partial charge in [-0.3, -0.25) is 9.59 Å². The van der Waals surface area contributed by atoms with Crippen molar-refractivity contribution in [2.24, 2.45) is 0 Å². The molecule has 3 N–H and O–H groups in total. The second-order valence-corrected chi connectivity index (χ2v) is 4.98. The van der Waals surface area contributed by atoms with Crippen molar-refractivity contribution in [3.8, 4) is 0 Å². The average molecular weight is 316 g/mol. The molecule has 2 rings (SSSR count). The van der Waals surface area contributed by atoms with Crippen LogP contribution in [-0.2, 0) is 6.42 Å². The molecule has 0 saturated heterocycles. The number of hydrogen-bond acceptors (Lipinski definition) is 4. The van der Waals surface area contributed by atoms with E-state index in [2.05, 4.69) is 10.6 Å². The van der Waals surface area contributed by atoms with Gasteiger partial charge < -0.3 is 20.2 Å². The van der Waals surface area contributed by atoms with E-state index in [4.69, 9.17) is 9.52 Å². The third-order valence-corrected chi connectivity index (χ3v) is 3.26. The van der Waals surface area contributed by atoms with Gasteiger partial charge in [-0.15, -0.1) is 0 Å². The molecule has 6 nitrogen and oxygen atoms in total. The van der Waals surface area contributed by atoms with Crippen LogP contribution < -0.4 is 10.6 Å². The number of carbonyl (C=O) groups excluding carboxylic acids is 2. The predicted octanol–water partition coefficient (Wildman–Crippen LogP) is 2.21. The van der Waals surface area contributed by atoms with Gasteiger partial charge in [-0.05, 0) is 42.8 Å². The van der Waals surface area contributed by atoms with Gasteiger partial charge in [-0.25, -0.2) is 0 Å². The lowest BCUT2D eigenvalue weighted by Crippen LogP contribution is -2.24. The number of aliphatic hydroxyl groups is 1. The second kappa shape index (κ2) is 8.14. The first-order valence-corrected chi connectivity index (χ1v) is 7.53. The Morgan fingerprint density at radius 3 is 2.43 bits per heavy atom. The third-order valence-electron chi connectivity index (χ3n) is 3.26. The van der Waals surface area contributed by atoms with E-state index in [1.165, 1.54) is 0 Å². The Bertz CT molecular complexity index is 661. The molecular formula is C17H20N2O4. The van der Waals surface area contributed by atoms with Gasteiger partial charge in [-0.2, -0.15) is 0 Å². The molecular weight excluding hydrogens is 296 g/mol. The van der Waals surface area contributed by atoms with Crippen LogP contribution >= 0.6 is 0 Å². The molecule has 0 spiro atoms. The van der Waals surface area contributed by atoms with E-state index in [9.17, 15) is 9.59 Å². The number of rotatable bonds is 7.